The summed E-state index contributed by atoms with van der Waals surface area (Å²) in [4.78, 5) is 23.1. The molecule has 1 heterocycles. The first-order chi connectivity index (χ1) is 9.34. The Bertz CT molecular complexity index is 563. The lowest BCUT2D eigenvalue weighted by molar-refractivity contribution is -0.148. The van der Waals surface area contributed by atoms with Gasteiger partial charge in [-0.15, -0.1) is 0 Å². The van der Waals surface area contributed by atoms with Gasteiger partial charge in [-0.05, 0) is 25.1 Å². The van der Waals surface area contributed by atoms with E-state index in [1.54, 1.807) is 0 Å². The monoisotopic (exact) mass is 285 g/mol. The van der Waals surface area contributed by atoms with Gasteiger partial charge in [0, 0.05) is 0 Å². The van der Waals surface area contributed by atoms with Crippen LogP contribution < -0.4 is 5.32 Å². The van der Waals surface area contributed by atoms with E-state index in [1.165, 1.54) is 6.92 Å². The average Bonchev–Trinajstić information content (AvgIpc) is 2.75. The third-order valence-corrected chi connectivity index (χ3v) is 3.42. The molecular formula is C13H13F2NO4. The van der Waals surface area contributed by atoms with Crippen LogP contribution in [0.3, 0.4) is 0 Å². The highest BCUT2D eigenvalue weighted by atomic mass is 19.1. The van der Waals surface area contributed by atoms with E-state index >= 15 is 0 Å². The van der Waals surface area contributed by atoms with Gasteiger partial charge >= 0.3 is 5.97 Å². The number of hydrogen-bond donors (Lipinski definition) is 2. The molecular weight excluding hydrogens is 272 g/mol. The number of hydrogen-bond acceptors (Lipinski definition) is 3. The maximum Gasteiger partial charge on any atom is 0.313 e. The number of carboxylic acid groups (broad SMARTS) is 1. The number of halogens is 2. The van der Waals surface area contributed by atoms with E-state index in [-0.39, 0.29) is 13.2 Å². The summed E-state index contributed by atoms with van der Waals surface area (Å²) in [5.74, 6) is -3.62. The van der Waals surface area contributed by atoms with Gasteiger partial charge in [0.1, 0.15) is 17.0 Å². The molecule has 0 aliphatic carbocycles. The lowest BCUT2D eigenvalue weighted by Crippen LogP contribution is -2.49. The number of benzene rings is 1. The first-order valence-electron chi connectivity index (χ1n) is 5.91. The quantitative estimate of drug-likeness (QED) is 0.874. The Balaban J connectivity index is 2.19. The zero-order valence-electron chi connectivity index (χ0n) is 10.7. The van der Waals surface area contributed by atoms with E-state index in [4.69, 9.17) is 9.84 Å². The number of aliphatic carboxylic acids is 1. The van der Waals surface area contributed by atoms with Crippen molar-refractivity contribution in [3.05, 3.63) is 35.4 Å². The van der Waals surface area contributed by atoms with Crippen LogP contribution in [-0.2, 0) is 9.53 Å². The molecule has 0 saturated carbocycles. The van der Waals surface area contributed by atoms with Crippen molar-refractivity contribution in [3.63, 3.8) is 0 Å². The minimum atomic E-state index is -1.29. The van der Waals surface area contributed by atoms with E-state index < -0.39 is 40.5 Å². The van der Waals surface area contributed by atoms with Crippen LogP contribution in [0.4, 0.5) is 8.78 Å². The fraction of sp³-hybridized carbons (Fsp3) is 0.385. The molecule has 0 aromatic heterocycles. The van der Waals surface area contributed by atoms with Gasteiger partial charge in [0.15, 0.2) is 0 Å². The molecule has 1 amide bonds. The average molecular weight is 285 g/mol. The number of ether oxygens (including phenoxy) is 1. The second-order valence-corrected chi connectivity index (χ2v) is 4.89. The maximum absolute atomic E-state index is 13.5. The highest BCUT2D eigenvalue weighted by Crippen LogP contribution is 2.29. The molecule has 0 spiro atoms. The van der Waals surface area contributed by atoms with E-state index in [1.807, 2.05) is 0 Å². The molecule has 1 aliphatic rings. The smallest absolute Gasteiger partial charge is 0.313 e. The van der Waals surface area contributed by atoms with Crippen molar-refractivity contribution < 1.29 is 28.2 Å². The van der Waals surface area contributed by atoms with Gasteiger partial charge < -0.3 is 15.2 Å². The minimum Gasteiger partial charge on any atom is -0.481 e. The Morgan fingerprint density at radius 3 is 2.80 bits per heavy atom. The number of carbonyl (C=O) groups is 2. The minimum absolute atomic E-state index is 0.00543. The summed E-state index contributed by atoms with van der Waals surface area (Å²) >= 11 is 0. The molecule has 1 aliphatic heterocycles. The van der Waals surface area contributed by atoms with Gasteiger partial charge in [-0.1, -0.05) is 0 Å². The molecule has 2 unspecified atom stereocenters. The second-order valence-electron chi connectivity index (χ2n) is 4.89. The zero-order valence-corrected chi connectivity index (χ0v) is 10.7. The molecule has 2 atom stereocenters. The van der Waals surface area contributed by atoms with E-state index in [9.17, 15) is 18.4 Å². The molecule has 1 saturated heterocycles. The Kier molecular flexibility index (Phi) is 3.71. The summed E-state index contributed by atoms with van der Waals surface area (Å²) in [5, 5.41) is 11.5. The fourth-order valence-electron chi connectivity index (χ4n) is 1.99. The van der Waals surface area contributed by atoms with Crippen LogP contribution in [0.2, 0.25) is 0 Å². The molecule has 1 aromatic rings. The van der Waals surface area contributed by atoms with Crippen LogP contribution in [0.15, 0.2) is 18.2 Å². The number of carboxylic acids is 1. The Morgan fingerprint density at radius 2 is 2.15 bits per heavy atom. The molecule has 108 valence electrons. The molecule has 0 bridgehead atoms. The van der Waals surface area contributed by atoms with Crippen molar-refractivity contribution in [3.8, 4) is 0 Å². The summed E-state index contributed by atoms with van der Waals surface area (Å²) in [6.07, 6.45) is 0. The second kappa shape index (κ2) is 5.16. The summed E-state index contributed by atoms with van der Waals surface area (Å²) in [7, 11) is 0. The molecule has 20 heavy (non-hydrogen) atoms. The van der Waals surface area contributed by atoms with Crippen molar-refractivity contribution in [2.24, 2.45) is 5.41 Å². The van der Waals surface area contributed by atoms with Gasteiger partial charge in [0.25, 0.3) is 5.91 Å². The largest absolute Gasteiger partial charge is 0.481 e. The van der Waals surface area contributed by atoms with Crippen LogP contribution in [0, 0.1) is 17.0 Å². The highest BCUT2D eigenvalue weighted by Gasteiger charge is 2.47. The Labute approximate surface area is 113 Å². The number of carbonyl (C=O) groups excluding carboxylic acids is 1. The van der Waals surface area contributed by atoms with Gasteiger partial charge in [-0.2, -0.15) is 0 Å². The van der Waals surface area contributed by atoms with Crippen LogP contribution in [0.1, 0.15) is 17.3 Å². The van der Waals surface area contributed by atoms with Gasteiger partial charge in [-0.25, -0.2) is 8.78 Å². The van der Waals surface area contributed by atoms with Crippen LogP contribution in [0.25, 0.3) is 0 Å². The predicted molar refractivity (Wildman–Crippen MR) is 64.2 cm³/mol. The van der Waals surface area contributed by atoms with Gasteiger partial charge in [0.2, 0.25) is 0 Å². The van der Waals surface area contributed by atoms with E-state index in [0.717, 1.165) is 18.2 Å². The van der Waals surface area contributed by atoms with Crippen molar-refractivity contribution in [2.45, 2.75) is 13.0 Å². The van der Waals surface area contributed by atoms with Crippen molar-refractivity contribution in [1.82, 2.24) is 5.32 Å². The third-order valence-electron chi connectivity index (χ3n) is 3.42. The van der Waals surface area contributed by atoms with Crippen LogP contribution >= 0.6 is 0 Å². The number of amides is 1. The van der Waals surface area contributed by atoms with Gasteiger partial charge in [-0.3, -0.25) is 9.59 Å². The normalized spacial score (nSPS) is 25.4. The topological polar surface area (TPSA) is 75.6 Å². The number of rotatable bonds is 3. The predicted octanol–water partition coefficient (Wildman–Crippen LogP) is 1.18. The lowest BCUT2D eigenvalue weighted by atomic mass is 9.85. The summed E-state index contributed by atoms with van der Waals surface area (Å²) < 4.78 is 31.6. The van der Waals surface area contributed by atoms with Crippen molar-refractivity contribution in [2.75, 3.05) is 13.2 Å². The molecule has 7 heteroatoms. The fourth-order valence-corrected chi connectivity index (χ4v) is 1.99. The third kappa shape index (κ3) is 2.49. The Hall–Kier alpha value is -2.02. The van der Waals surface area contributed by atoms with Gasteiger partial charge in [0.05, 0.1) is 24.8 Å². The highest BCUT2D eigenvalue weighted by molar-refractivity contribution is 5.95. The zero-order chi connectivity index (χ0) is 14.9. The molecule has 2 N–H and O–H groups in total. The summed E-state index contributed by atoms with van der Waals surface area (Å²) in [6, 6.07) is 1.69. The number of nitrogens with one attached hydrogen (secondary N) is 1. The van der Waals surface area contributed by atoms with Crippen molar-refractivity contribution >= 4 is 11.9 Å². The molecule has 1 fully saturated rings. The van der Waals surface area contributed by atoms with Crippen LogP contribution in [0.5, 0.6) is 0 Å². The maximum atomic E-state index is 13.5. The van der Waals surface area contributed by atoms with E-state index in [2.05, 4.69) is 5.32 Å². The molecule has 5 nitrogen and oxygen atoms in total. The lowest BCUT2D eigenvalue weighted by Gasteiger charge is -2.25. The summed E-state index contributed by atoms with van der Waals surface area (Å²) in [5.41, 5.74) is -1.76. The first-order valence-corrected chi connectivity index (χ1v) is 5.91. The molecule has 2 rings (SSSR count). The molecule has 0 radical (unpaired) electrons. The first kappa shape index (κ1) is 14.4. The Morgan fingerprint density at radius 1 is 1.45 bits per heavy atom. The van der Waals surface area contributed by atoms with E-state index in [0.29, 0.717) is 0 Å². The standard InChI is InChI=1S/C13H13F2NO4/c1-13(12(18)19)6-20-5-10(13)16-11(17)8-4-7(14)2-3-9(8)15/h2-4,10H,5-6H2,1H3,(H,16,17)(H,18,19). The summed E-state index contributed by atoms with van der Waals surface area (Å²) in [6.45, 7) is 1.37. The SMILES string of the molecule is CC1(C(=O)O)COCC1NC(=O)c1cc(F)ccc1F. The molecule has 1 aromatic carbocycles. The van der Waals surface area contributed by atoms with Crippen LogP contribution in [-0.4, -0.2) is 36.2 Å². The van der Waals surface area contributed by atoms with Crippen molar-refractivity contribution in [1.29, 1.82) is 0 Å².